The summed E-state index contributed by atoms with van der Waals surface area (Å²) in [5, 5.41) is 0.537. The molecule has 1 N–H and O–H groups in total. The van der Waals surface area contributed by atoms with Crippen molar-refractivity contribution in [2.45, 2.75) is 19.1 Å². The van der Waals surface area contributed by atoms with Crippen molar-refractivity contribution >= 4 is 16.8 Å². The molecule has 0 bridgehead atoms. The Balaban J connectivity index is 1.71. The van der Waals surface area contributed by atoms with Crippen LogP contribution in [0, 0.1) is 0 Å². The molecule has 3 aromatic rings. The van der Waals surface area contributed by atoms with Crippen LogP contribution in [0.25, 0.3) is 10.9 Å². The van der Waals surface area contributed by atoms with E-state index in [9.17, 15) is 18.0 Å². The third kappa shape index (κ3) is 2.77. The van der Waals surface area contributed by atoms with E-state index in [1.54, 1.807) is 29.2 Å². The summed E-state index contributed by atoms with van der Waals surface area (Å²) in [7, 11) is 0. The summed E-state index contributed by atoms with van der Waals surface area (Å²) >= 11 is 0. The Morgan fingerprint density at radius 3 is 2.56 bits per heavy atom. The Bertz CT molecular complexity index is 944. The normalized spacial score (nSPS) is 14.6. The third-order valence-electron chi connectivity index (χ3n) is 4.61. The first-order chi connectivity index (χ1) is 11.9. The molecule has 128 valence electrons. The van der Waals surface area contributed by atoms with Crippen molar-refractivity contribution in [1.82, 2.24) is 9.88 Å². The minimum absolute atomic E-state index is 0.104. The van der Waals surface area contributed by atoms with E-state index in [1.165, 1.54) is 12.1 Å². The molecule has 0 atom stereocenters. The molecule has 25 heavy (non-hydrogen) atoms. The van der Waals surface area contributed by atoms with Crippen LogP contribution in [0.3, 0.4) is 0 Å². The fourth-order valence-corrected chi connectivity index (χ4v) is 3.33. The maximum Gasteiger partial charge on any atom is 0.416 e. The zero-order valence-corrected chi connectivity index (χ0v) is 13.2. The number of nitrogens with one attached hydrogen (secondary N) is 1. The summed E-state index contributed by atoms with van der Waals surface area (Å²) in [4.78, 5) is 17.5. The second kappa shape index (κ2) is 5.65. The van der Waals surface area contributed by atoms with E-state index in [2.05, 4.69) is 4.98 Å². The van der Waals surface area contributed by atoms with Gasteiger partial charge in [-0.1, -0.05) is 18.2 Å². The maximum atomic E-state index is 13.0. The Labute approximate surface area is 142 Å². The van der Waals surface area contributed by atoms with Crippen molar-refractivity contribution in [2.75, 3.05) is 6.54 Å². The topological polar surface area (TPSA) is 36.1 Å². The Morgan fingerprint density at radius 2 is 1.84 bits per heavy atom. The number of benzene rings is 2. The molecule has 1 aliphatic heterocycles. The summed E-state index contributed by atoms with van der Waals surface area (Å²) in [6, 6.07) is 12.6. The predicted octanol–water partition coefficient (Wildman–Crippen LogP) is 4.39. The van der Waals surface area contributed by atoms with Gasteiger partial charge in [-0.15, -0.1) is 0 Å². The zero-order valence-electron chi connectivity index (χ0n) is 13.2. The monoisotopic (exact) mass is 344 g/mol. The van der Waals surface area contributed by atoms with Crippen molar-refractivity contribution in [3.8, 4) is 0 Å². The van der Waals surface area contributed by atoms with Gasteiger partial charge in [0.2, 0.25) is 0 Å². The van der Waals surface area contributed by atoms with Crippen LogP contribution in [0.15, 0.2) is 48.5 Å². The lowest BCUT2D eigenvalue weighted by Gasteiger charge is -2.27. The van der Waals surface area contributed by atoms with Crippen LogP contribution in [0.2, 0.25) is 0 Å². The Morgan fingerprint density at radius 1 is 1.08 bits per heavy atom. The van der Waals surface area contributed by atoms with Crippen LogP contribution in [0.1, 0.15) is 27.2 Å². The number of hydrogen-bond donors (Lipinski definition) is 1. The van der Waals surface area contributed by atoms with Crippen LogP contribution < -0.4 is 0 Å². The molecular weight excluding hydrogens is 329 g/mol. The molecule has 0 saturated heterocycles. The number of nitrogens with zero attached hydrogens (tertiary/aromatic N) is 1. The number of aromatic nitrogens is 1. The molecule has 1 aliphatic rings. The van der Waals surface area contributed by atoms with E-state index < -0.39 is 11.7 Å². The quantitative estimate of drug-likeness (QED) is 0.698. The van der Waals surface area contributed by atoms with Crippen molar-refractivity contribution in [3.63, 3.8) is 0 Å². The largest absolute Gasteiger partial charge is 0.416 e. The van der Waals surface area contributed by atoms with Crippen molar-refractivity contribution < 1.29 is 18.0 Å². The van der Waals surface area contributed by atoms with E-state index in [1.807, 2.05) is 6.07 Å². The first-order valence-electron chi connectivity index (χ1n) is 7.98. The number of H-pyrrole nitrogens is 1. The van der Waals surface area contributed by atoms with Crippen molar-refractivity contribution in [2.24, 2.45) is 0 Å². The number of amides is 1. The smallest absolute Gasteiger partial charge is 0.358 e. The van der Waals surface area contributed by atoms with Gasteiger partial charge < -0.3 is 9.88 Å². The molecule has 0 saturated carbocycles. The van der Waals surface area contributed by atoms with Gasteiger partial charge in [-0.25, -0.2) is 0 Å². The van der Waals surface area contributed by atoms with Crippen molar-refractivity contribution in [3.05, 3.63) is 70.9 Å². The van der Waals surface area contributed by atoms with Gasteiger partial charge in [-0.2, -0.15) is 13.2 Å². The number of fused-ring (bicyclic) bond motifs is 3. The molecule has 1 amide bonds. The molecule has 6 heteroatoms. The molecule has 1 aromatic heterocycles. The van der Waals surface area contributed by atoms with Gasteiger partial charge in [-0.05, 0) is 30.3 Å². The van der Waals surface area contributed by atoms with Gasteiger partial charge in [0.1, 0.15) is 0 Å². The molecule has 3 nitrogen and oxygen atoms in total. The number of carbonyl (C=O) groups excluding carboxylic acids is 1. The van der Waals surface area contributed by atoms with E-state index in [0.29, 0.717) is 36.0 Å². The van der Waals surface area contributed by atoms with Crippen LogP contribution in [-0.4, -0.2) is 22.3 Å². The first kappa shape index (κ1) is 15.7. The predicted molar refractivity (Wildman–Crippen MR) is 88.2 cm³/mol. The van der Waals surface area contributed by atoms with E-state index in [-0.39, 0.29) is 5.91 Å². The molecule has 0 aliphatic carbocycles. The van der Waals surface area contributed by atoms with Crippen LogP contribution in [0.4, 0.5) is 13.2 Å². The zero-order chi connectivity index (χ0) is 17.6. The first-order valence-corrected chi connectivity index (χ1v) is 7.98. The van der Waals surface area contributed by atoms with Gasteiger partial charge in [0.05, 0.1) is 5.56 Å². The van der Waals surface area contributed by atoms with E-state index in [4.69, 9.17) is 0 Å². The van der Waals surface area contributed by atoms with E-state index in [0.717, 1.165) is 17.3 Å². The van der Waals surface area contributed by atoms with Crippen LogP contribution >= 0.6 is 0 Å². The van der Waals surface area contributed by atoms with Gasteiger partial charge in [-0.3, -0.25) is 4.79 Å². The molecule has 0 fully saturated rings. The maximum absolute atomic E-state index is 13.0. The molecule has 4 rings (SSSR count). The van der Waals surface area contributed by atoms with E-state index >= 15 is 0 Å². The summed E-state index contributed by atoms with van der Waals surface area (Å²) in [5.41, 5.74) is 2.27. The van der Waals surface area contributed by atoms with Gasteiger partial charge in [0, 0.05) is 47.2 Å². The number of halogens is 3. The SMILES string of the molecule is O=C(c1ccccc1)N1CCc2[nH]c3ccc(C(F)(F)F)cc3c2C1. The molecular formula is C19H15F3N2O. The average molecular weight is 344 g/mol. The summed E-state index contributed by atoms with van der Waals surface area (Å²) in [5.74, 6) is -0.104. The highest BCUT2D eigenvalue weighted by Gasteiger charge is 2.32. The summed E-state index contributed by atoms with van der Waals surface area (Å²) < 4.78 is 39.0. The number of rotatable bonds is 1. The highest BCUT2D eigenvalue weighted by atomic mass is 19.4. The number of alkyl halides is 3. The Kier molecular flexibility index (Phi) is 3.56. The average Bonchev–Trinajstić information content (AvgIpc) is 2.98. The third-order valence-corrected chi connectivity index (χ3v) is 4.61. The number of aromatic amines is 1. The second-order valence-corrected chi connectivity index (χ2v) is 6.18. The summed E-state index contributed by atoms with van der Waals surface area (Å²) in [6.07, 6.45) is -3.78. The fourth-order valence-electron chi connectivity index (χ4n) is 3.33. The molecule has 2 aromatic carbocycles. The second-order valence-electron chi connectivity index (χ2n) is 6.18. The molecule has 0 unspecified atom stereocenters. The molecule has 2 heterocycles. The number of hydrogen-bond acceptors (Lipinski definition) is 1. The minimum Gasteiger partial charge on any atom is -0.358 e. The lowest BCUT2D eigenvalue weighted by Crippen LogP contribution is -2.35. The van der Waals surface area contributed by atoms with Gasteiger partial charge in [0.25, 0.3) is 5.91 Å². The summed E-state index contributed by atoms with van der Waals surface area (Å²) in [6.45, 7) is 0.851. The Hall–Kier alpha value is -2.76. The van der Waals surface area contributed by atoms with Crippen LogP contribution in [0.5, 0.6) is 0 Å². The molecule has 0 spiro atoms. The highest BCUT2D eigenvalue weighted by Crippen LogP contribution is 2.34. The van der Waals surface area contributed by atoms with Gasteiger partial charge in [0.15, 0.2) is 0 Å². The van der Waals surface area contributed by atoms with Crippen molar-refractivity contribution in [1.29, 1.82) is 0 Å². The van der Waals surface area contributed by atoms with Crippen LogP contribution in [-0.2, 0) is 19.1 Å². The fraction of sp³-hybridized carbons (Fsp3) is 0.211. The number of carbonyl (C=O) groups is 1. The lowest BCUT2D eigenvalue weighted by atomic mass is 10.0. The lowest BCUT2D eigenvalue weighted by molar-refractivity contribution is -0.137. The minimum atomic E-state index is -4.38. The highest BCUT2D eigenvalue weighted by molar-refractivity contribution is 5.95. The van der Waals surface area contributed by atoms with Gasteiger partial charge >= 0.3 is 6.18 Å². The standard InChI is InChI=1S/C19H15F3N2O/c20-19(21,22)13-6-7-16-14(10-13)15-11-24(9-8-17(15)23-16)18(25)12-4-2-1-3-5-12/h1-7,10,23H,8-9,11H2. The molecule has 0 radical (unpaired) electrons.